The second-order valence-corrected chi connectivity index (χ2v) is 7.03. The summed E-state index contributed by atoms with van der Waals surface area (Å²) in [5, 5.41) is 8.57. The molecule has 0 radical (unpaired) electrons. The zero-order valence-electron chi connectivity index (χ0n) is 13.2. The molecular weight excluding hydrogens is 286 g/mol. The van der Waals surface area contributed by atoms with Gasteiger partial charge in [-0.15, -0.1) is 0 Å². The van der Waals surface area contributed by atoms with Crippen LogP contribution >= 0.6 is 0 Å². The predicted octanol–water partition coefficient (Wildman–Crippen LogP) is 4.20. The van der Waals surface area contributed by atoms with Gasteiger partial charge < -0.3 is 4.42 Å². The molecule has 4 nitrogen and oxygen atoms in total. The van der Waals surface area contributed by atoms with E-state index in [4.69, 9.17) is 4.42 Å². The number of H-pyrrole nitrogens is 1. The number of nitrogens with zero attached hydrogens (tertiary/aromatic N) is 2. The molecule has 2 aliphatic rings. The summed E-state index contributed by atoms with van der Waals surface area (Å²) in [6.07, 6.45) is 7.51. The summed E-state index contributed by atoms with van der Waals surface area (Å²) < 4.78 is 6.01. The highest BCUT2D eigenvalue weighted by molar-refractivity contribution is 5.82. The van der Waals surface area contributed by atoms with Crippen LogP contribution in [0.5, 0.6) is 0 Å². The van der Waals surface area contributed by atoms with Crippen molar-refractivity contribution in [1.29, 1.82) is 0 Å². The fourth-order valence-electron chi connectivity index (χ4n) is 4.40. The highest BCUT2D eigenvalue weighted by atomic mass is 16.3. The van der Waals surface area contributed by atoms with Gasteiger partial charge in [-0.25, -0.2) is 0 Å². The number of aromatic amines is 1. The first-order chi connectivity index (χ1) is 11.4. The molecule has 118 valence electrons. The van der Waals surface area contributed by atoms with E-state index in [1.54, 1.807) is 0 Å². The van der Waals surface area contributed by atoms with E-state index in [-0.39, 0.29) is 0 Å². The second-order valence-electron chi connectivity index (χ2n) is 7.03. The van der Waals surface area contributed by atoms with Gasteiger partial charge in [-0.1, -0.05) is 24.6 Å². The molecule has 1 N–H and O–H groups in total. The second kappa shape index (κ2) is 5.24. The summed E-state index contributed by atoms with van der Waals surface area (Å²) in [4.78, 5) is 2.65. The Morgan fingerprint density at radius 2 is 2.22 bits per heavy atom. The van der Waals surface area contributed by atoms with Crippen LogP contribution in [0.4, 0.5) is 0 Å². The van der Waals surface area contributed by atoms with Gasteiger partial charge in [0.05, 0.1) is 6.20 Å². The third-order valence-electron chi connectivity index (χ3n) is 5.53. The van der Waals surface area contributed by atoms with Gasteiger partial charge in [0, 0.05) is 30.1 Å². The number of hydrogen-bond donors (Lipinski definition) is 1. The van der Waals surface area contributed by atoms with Gasteiger partial charge in [0.25, 0.3) is 0 Å². The third-order valence-corrected chi connectivity index (χ3v) is 5.53. The van der Waals surface area contributed by atoms with Crippen molar-refractivity contribution >= 4 is 11.0 Å². The van der Waals surface area contributed by atoms with Crippen molar-refractivity contribution in [3.63, 3.8) is 0 Å². The van der Waals surface area contributed by atoms with Crippen LogP contribution in [-0.4, -0.2) is 27.7 Å². The average Bonchev–Trinajstić information content (AvgIpc) is 3.25. The van der Waals surface area contributed by atoms with Crippen molar-refractivity contribution in [2.24, 2.45) is 5.92 Å². The Morgan fingerprint density at radius 1 is 1.26 bits per heavy atom. The molecule has 3 heterocycles. The number of fused-ring (bicyclic) bond motifs is 3. The minimum atomic E-state index is 0.771. The van der Waals surface area contributed by atoms with E-state index in [2.05, 4.69) is 27.2 Å². The minimum absolute atomic E-state index is 0.771. The molecule has 0 amide bonds. The molecule has 2 fully saturated rings. The van der Waals surface area contributed by atoms with Crippen LogP contribution in [0, 0.1) is 5.92 Å². The molecule has 2 atom stereocenters. The minimum Gasteiger partial charge on any atom is -0.454 e. The maximum Gasteiger partial charge on any atom is 0.153 e. The Balaban J connectivity index is 1.45. The fourth-order valence-corrected chi connectivity index (χ4v) is 4.40. The topological polar surface area (TPSA) is 45.1 Å². The first kappa shape index (κ1) is 13.4. The van der Waals surface area contributed by atoms with Crippen LogP contribution < -0.4 is 0 Å². The van der Waals surface area contributed by atoms with Crippen molar-refractivity contribution in [2.75, 3.05) is 6.54 Å². The van der Waals surface area contributed by atoms with Gasteiger partial charge >= 0.3 is 0 Å². The molecule has 2 bridgehead atoms. The lowest BCUT2D eigenvalue weighted by Gasteiger charge is -2.24. The van der Waals surface area contributed by atoms with Crippen LogP contribution in [0.3, 0.4) is 0 Å². The Morgan fingerprint density at radius 3 is 3.13 bits per heavy atom. The van der Waals surface area contributed by atoms with Gasteiger partial charge in [0.2, 0.25) is 0 Å². The molecule has 3 aromatic rings. The van der Waals surface area contributed by atoms with Crippen LogP contribution in [0.1, 0.15) is 31.2 Å². The number of aromatic nitrogens is 2. The number of rotatable bonds is 3. The first-order valence-corrected chi connectivity index (χ1v) is 8.62. The van der Waals surface area contributed by atoms with E-state index in [0.717, 1.165) is 40.9 Å². The number of likely N-dealkylation sites (tertiary alicyclic amines) is 1. The molecule has 4 heteroatoms. The molecule has 1 aliphatic carbocycles. The van der Waals surface area contributed by atoms with E-state index in [1.807, 2.05) is 24.4 Å². The van der Waals surface area contributed by atoms with Gasteiger partial charge in [-0.2, -0.15) is 5.10 Å². The zero-order chi connectivity index (χ0) is 15.2. The number of nitrogens with one attached hydrogen (secondary N) is 1. The summed E-state index contributed by atoms with van der Waals surface area (Å²) in [7, 11) is 0. The largest absolute Gasteiger partial charge is 0.454 e. The lowest BCUT2D eigenvalue weighted by Crippen LogP contribution is -2.28. The molecule has 0 unspecified atom stereocenters. The fraction of sp³-hybridized carbons (Fsp3) is 0.421. The number of para-hydroxylation sites is 1. The molecule has 1 aliphatic heterocycles. The molecule has 1 saturated carbocycles. The lowest BCUT2D eigenvalue weighted by molar-refractivity contribution is 0.237. The lowest BCUT2D eigenvalue weighted by atomic mass is 9.90. The Bertz CT molecular complexity index is 801. The maximum absolute atomic E-state index is 6.01. The molecule has 2 aromatic heterocycles. The summed E-state index contributed by atoms with van der Waals surface area (Å²) in [6, 6.07) is 11.0. The number of furan rings is 1. The average molecular weight is 307 g/mol. The summed E-state index contributed by atoms with van der Waals surface area (Å²) in [6.45, 7) is 2.22. The quantitative estimate of drug-likeness (QED) is 0.789. The van der Waals surface area contributed by atoms with Gasteiger partial charge in [0.1, 0.15) is 11.3 Å². The SMILES string of the molecule is c1ccc2oc(-c3[nH]ncc3CN3C[C@@H]4CCC[C@H]3C4)cc2c1. The molecular formula is C19H21N3O. The van der Waals surface area contributed by atoms with E-state index >= 15 is 0 Å². The Kier molecular flexibility index (Phi) is 3.05. The molecule has 5 rings (SSSR count). The monoisotopic (exact) mass is 307 g/mol. The van der Waals surface area contributed by atoms with Gasteiger partial charge in [0.15, 0.2) is 5.76 Å². The highest BCUT2D eigenvalue weighted by Crippen LogP contribution is 2.37. The van der Waals surface area contributed by atoms with Crippen molar-refractivity contribution in [1.82, 2.24) is 15.1 Å². The Labute approximate surface area is 135 Å². The maximum atomic E-state index is 6.01. The van der Waals surface area contributed by atoms with E-state index in [9.17, 15) is 0 Å². The summed E-state index contributed by atoms with van der Waals surface area (Å²) in [5.74, 6) is 1.80. The molecule has 0 spiro atoms. The predicted molar refractivity (Wildman–Crippen MR) is 90.0 cm³/mol. The normalized spacial score (nSPS) is 24.5. The number of hydrogen-bond acceptors (Lipinski definition) is 3. The standard InChI is InChI=1S/C19H21N3O/c1-2-7-17-14(5-1)9-18(23-17)19-15(10-20-21-19)12-22-11-13-4-3-6-16(22)8-13/h1-2,5,7,9-10,13,16H,3-4,6,8,11-12H2,(H,20,21)/t13-,16+/m1/s1. The van der Waals surface area contributed by atoms with Crippen LogP contribution in [0.2, 0.25) is 0 Å². The van der Waals surface area contributed by atoms with E-state index < -0.39 is 0 Å². The number of benzene rings is 1. The van der Waals surface area contributed by atoms with Crippen LogP contribution in [0.25, 0.3) is 22.4 Å². The van der Waals surface area contributed by atoms with Crippen LogP contribution in [0.15, 0.2) is 40.9 Å². The molecule has 23 heavy (non-hydrogen) atoms. The summed E-state index contributed by atoms with van der Waals surface area (Å²) >= 11 is 0. The summed E-state index contributed by atoms with van der Waals surface area (Å²) in [5.41, 5.74) is 3.21. The van der Waals surface area contributed by atoms with Gasteiger partial charge in [-0.05, 0) is 37.3 Å². The molecule has 1 aromatic carbocycles. The first-order valence-electron chi connectivity index (χ1n) is 8.62. The van der Waals surface area contributed by atoms with Crippen molar-refractivity contribution < 1.29 is 4.42 Å². The highest BCUT2D eigenvalue weighted by Gasteiger charge is 2.35. The third kappa shape index (κ3) is 2.29. The van der Waals surface area contributed by atoms with Gasteiger partial charge in [-0.3, -0.25) is 10.00 Å². The van der Waals surface area contributed by atoms with Crippen LogP contribution in [-0.2, 0) is 6.54 Å². The van der Waals surface area contributed by atoms with Crippen molar-refractivity contribution in [3.8, 4) is 11.5 Å². The van der Waals surface area contributed by atoms with E-state index in [1.165, 1.54) is 37.8 Å². The van der Waals surface area contributed by atoms with Crippen molar-refractivity contribution in [2.45, 2.75) is 38.3 Å². The van der Waals surface area contributed by atoms with E-state index in [0.29, 0.717) is 0 Å². The van der Waals surface area contributed by atoms with Crippen molar-refractivity contribution in [3.05, 3.63) is 42.1 Å². The zero-order valence-corrected chi connectivity index (χ0v) is 13.2. The Hall–Kier alpha value is -2.07. The smallest absolute Gasteiger partial charge is 0.153 e. The molecule has 1 saturated heterocycles.